The second-order valence-electron chi connectivity index (χ2n) is 5.18. The normalized spacial score (nSPS) is 11.4. The Bertz CT molecular complexity index is 680. The highest BCUT2D eigenvalue weighted by molar-refractivity contribution is 5.92. The number of rotatable bonds is 4. The van der Waals surface area contributed by atoms with Crippen LogP contribution >= 0.6 is 0 Å². The summed E-state index contributed by atoms with van der Waals surface area (Å²) in [6.07, 6.45) is 0.916. The highest BCUT2D eigenvalue weighted by atomic mass is 16.4. The molecule has 0 saturated heterocycles. The van der Waals surface area contributed by atoms with E-state index in [1.54, 1.807) is 23.7 Å². The molecule has 0 aliphatic heterocycles. The zero-order chi connectivity index (χ0) is 14.2. The van der Waals surface area contributed by atoms with Gasteiger partial charge in [0, 0.05) is 13.6 Å². The maximum absolute atomic E-state index is 12.2. The predicted octanol–water partition coefficient (Wildman–Crippen LogP) is 2.08. The molecule has 1 heterocycles. The number of fused-ring (bicyclic) bond motifs is 1. The van der Waals surface area contributed by atoms with E-state index in [0.717, 1.165) is 11.9 Å². The quantitative estimate of drug-likeness (QED) is 0.917. The van der Waals surface area contributed by atoms with E-state index in [2.05, 4.69) is 13.8 Å². The van der Waals surface area contributed by atoms with Gasteiger partial charge in [0.15, 0.2) is 0 Å². The summed E-state index contributed by atoms with van der Waals surface area (Å²) in [6.45, 7) is 4.87. The van der Waals surface area contributed by atoms with Crippen LogP contribution in [0.5, 0.6) is 0 Å². The number of nitrogens with zero attached hydrogens (tertiary/aromatic N) is 2. The van der Waals surface area contributed by atoms with Crippen LogP contribution in [0.3, 0.4) is 0 Å². The maximum Gasteiger partial charge on any atom is 0.335 e. The summed E-state index contributed by atoms with van der Waals surface area (Å²) in [5.74, 6) is -0.468. The van der Waals surface area contributed by atoms with Crippen LogP contribution in [0.15, 0.2) is 23.0 Å². The van der Waals surface area contributed by atoms with E-state index in [1.807, 2.05) is 0 Å². The smallest absolute Gasteiger partial charge is 0.335 e. The second-order valence-corrected chi connectivity index (χ2v) is 5.18. The van der Waals surface area contributed by atoms with Crippen LogP contribution in [0.2, 0.25) is 0 Å². The van der Waals surface area contributed by atoms with E-state index in [9.17, 15) is 9.59 Å². The number of carboxylic acids is 1. The van der Waals surface area contributed by atoms with Gasteiger partial charge in [-0.25, -0.2) is 9.59 Å². The Morgan fingerprint density at radius 3 is 2.58 bits per heavy atom. The van der Waals surface area contributed by atoms with E-state index in [-0.39, 0.29) is 11.3 Å². The monoisotopic (exact) mass is 262 g/mol. The van der Waals surface area contributed by atoms with Crippen LogP contribution in [0.25, 0.3) is 11.0 Å². The zero-order valence-electron chi connectivity index (χ0n) is 11.4. The molecule has 2 aromatic rings. The van der Waals surface area contributed by atoms with Gasteiger partial charge >= 0.3 is 11.7 Å². The fraction of sp³-hybridized carbons (Fsp3) is 0.429. The molecule has 0 unspecified atom stereocenters. The number of aromatic carboxylic acids is 1. The third-order valence-corrected chi connectivity index (χ3v) is 3.32. The molecule has 0 atom stereocenters. The lowest BCUT2D eigenvalue weighted by Crippen LogP contribution is -2.22. The lowest BCUT2D eigenvalue weighted by molar-refractivity contribution is 0.0697. The summed E-state index contributed by atoms with van der Waals surface area (Å²) in [7, 11) is 1.67. The summed E-state index contributed by atoms with van der Waals surface area (Å²) < 4.78 is 3.21. The minimum Gasteiger partial charge on any atom is -0.478 e. The molecule has 0 radical (unpaired) electrons. The molecule has 0 spiro atoms. The molecule has 1 aromatic carbocycles. The summed E-state index contributed by atoms with van der Waals surface area (Å²) in [5.41, 5.74) is 1.55. The zero-order valence-corrected chi connectivity index (χ0v) is 11.4. The van der Waals surface area contributed by atoms with E-state index in [0.29, 0.717) is 18.0 Å². The first-order valence-corrected chi connectivity index (χ1v) is 6.34. The van der Waals surface area contributed by atoms with Crippen LogP contribution in [0, 0.1) is 5.92 Å². The predicted molar refractivity (Wildman–Crippen MR) is 73.6 cm³/mol. The minimum atomic E-state index is -0.982. The molecular formula is C14H18N2O3. The van der Waals surface area contributed by atoms with Crippen molar-refractivity contribution in [1.82, 2.24) is 9.13 Å². The van der Waals surface area contributed by atoms with Gasteiger partial charge in [0.05, 0.1) is 16.6 Å². The largest absolute Gasteiger partial charge is 0.478 e. The van der Waals surface area contributed by atoms with Crippen molar-refractivity contribution in [3.05, 3.63) is 34.2 Å². The third kappa shape index (κ3) is 2.41. The lowest BCUT2D eigenvalue weighted by Gasteiger charge is -2.05. The first-order valence-electron chi connectivity index (χ1n) is 6.34. The van der Waals surface area contributed by atoms with Crippen molar-refractivity contribution < 1.29 is 9.90 Å². The average Bonchev–Trinajstić information content (AvgIpc) is 2.59. The van der Waals surface area contributed by atoms with Gasteiger partial charge < -0.3 is 5.11 Å². The molecule has 5 nitrogen and oxygen atoms in total. The Morgan fingerprint density at radius 1 is 1.32 bits per heavy atom. The molecule has 1 N–H and O–H groups in total. The van der Waals surface area contributed by atoms with Gasteiger partial charge in [0.2, 0.25) is 0 Å². The van der Waals surface area contributed by atoms with E-state index >= 15 is 0 Å². The molecule has 0 aliphatic rings. The third-order valence-electron chi connectivity index (χ3n) is 3.32. The first-order chi connectivity index (χ1) is 8.91. The van der Waals surface area contributed by atoms with Crippen molar-refractivity contribution in [2.45, 2.75) is 26.8 Å². The molecule has 1 aromatic heterocycles. The number of imidazole rings is 1. The highest BCUT2D eigenvalue weighted by Gasteiger charge is 2.13. The molecule has 0 bridgehead atoms. The summed E-state index contributed by atoms with van der Waals surface area (Å²) >= 11 is 0. The number of carboxylic acid groups (broad SMARTS) is 1. The minimum absolute atomic E-state index is 0.0989. The number of benzene rings is 1. The van der Waals surface area contributed by atoms with Gasteiger partial charge in [-0.1, -0.05) is 13.8 Å². The number of hydrogen-bond donors (Lipinski definition) is 1. The summed E-state index contributed by atoms with van der Waals surface area (Å²) in [4.78, 5) is 23.1. The molecule has 0 saturated carbocycles. The topological polar surface area (TPSA) is 64.2 Å². The van der Waals surface area contributed by atoms with Crippen LogP contribution in [-0.2, 0) is 13.6 Å². The van der Waals surface area contributed by atoms with Crippen molar-refractivity contribution in [2.24, 2.45) is 13.0 Å². The second kappa shape index (κ2) is 4.91. The number of aryl methyl sites for hydroxylation is 2. The molecular weight excluding hydrogens is 244 g/mol. The molecule has 0 aliphatic carbocycles. The Morgan fingerprint density at radius 2 is 2.00 bits per heavy atom. The van der Waals surface area contributed by atoms with E-state index < -0.39 is 5.97 Å². The average molecular weight is 262 g/mol. The lowest BCUT2D eigenvalue weighted by atomic mass is 10.1. The van der Waals surface area contributed by atoms with Crippen LogP contribution in [-0.4, -0.2) is 20.2 Å². The van der Waals surface area contributed by atoms with Gasteiger partial charge in [-0.15, -0.1) is 0 Å². The van der Waals surface area contributed by atoms with E-state index in [4.69, 9.17) is 5.11 Å². The fourth-order valence-electron chi connectivity index (χ4n) is 2.14. The van der Waals surface area contributed by atoms with Crippen molar-refractivity contribution in [1.29, 1.82) is 0 Å². The standard InChI is InChI=1S/C14H18N2O3/c1-9(2)6-7-16-11-5-4-10(13(17)18)8-12(11)15(3)14(16)19/h4-5,8-9H,6-7H2,1-3H3,(H,17,18). The Hall–Kier alpha value is -2.04. The Kier molecular flexibility index (Phi) is 3.46. The Labute approximate surface area is 111 Å². The van der Waals surface area contributed by atoms with Gasteiger partial charge in [-0.2, -0.15) is 0 Å². The maximum atomic E-state index is 12.2. The Balaban J connectivity index is 2.57. The fourth-order valence-corrected chi connectivity index (χ4v) is 2.14. The van der Waals surface area contributed by atoms with Gasteiger partial charge in [-0.05, 0) is 30.5 Å². The van der Waals surface area contributed by atoms with Crippen molar-refractivity contribution in [3.63, 3.8) is 0 Å². The summed E-state index contributed by atoms with van der Waals surface area (Å²) in [5, 5.41) is 8.99. The van der Waals surface area contributed by atoms with Gasteiger partial charge in [-0.3, -0.25) is 9.13 Å². The molecule has 5 heteroatoms. The molecule has 102 valence electrons. The SMILES string of the molecule is CC(C)CCn1c(=O)n(C)c2cc(C(=O)O)ccc21. The first kappa shape index (κ1) is 13.4. The van der Waals surface area contributed by atoms with Crippen molar-refractivity contribution >= 4 is 17.0 Å². The van der Waals surface area contributed by atoms with Gasteiger partial charge in [0.25, 0.3) is 0 Å². The van der Waals surface area contributed by atoms with Crippen molar-refractivity contribution in [3.8, 4) is 0 Å². The van der Waals surface area contributed by atoms with Gasteiger partial charge in [0.1, 0.15) is 0 Å². The number of carbonyl (C=O) groups is 1. The highest BCUT2D eigenvalue weighted by Crippen LogP contribution is 2.16. The molecule has 19 heavy (non-hydrogen) atoms. The van der Waals surface area contributed by atoms with Crippen molar-refractivity contribution in [2.75, 3.05) is 0 Å². The van der Waals surface area contributed by atoms with Crippen LogP contribution < -0.4 is 5.69 Å². The molecule has 2 rings (SSSR count). The van der Waals surface area contributed by atoms with Crippen LogP contribution in [0.4, 0.5) is 0 Å². The van der Waals surface area contributed by atoms with E-state index in [1.165, 1.54) is 10.6 Å². The van der Waals surface area contributed by atoms with Crippen LogP contribution in [0.1, 0.15) is 30.6 Å². The summed E-state index contributed by atoms with van der Waals surface area (Å²) in [6, 6.07) is 4.79. The number of aromatic nitrogens is 2. The number of hydrogen-bond acceptors (Lipinski definition) is 2. The molecule has 0 fully saturated rings. The molecule has 0 amide bonds.